The average molecular weight is 403 g/mol. The smallest absolute Gasteiger partial charge is 0.254 e. The second-order valence-corrected chi connectivity index (χ2v) is 9.51. The van der Waals surface area contributed by atoms with E-state index in [1.807, 2.05) is 43.3 Å². The summed E-state index contributed by atoms with van der Waals surface area (Å²) in [7, 11) is 2.42. The summed E-state index contributed by atoms with van der Waals surface area (Å²) < 4.78 is 29.2. The first-order valence-corrected chi connectivity index (χ1v) is 11.0. The summed E-state index contributed by atoms with van der Waals surface area (Å²) in [4.78, 5) is 16.9. The largest absolute Gasteiger partial charge is 0.497 e. The van der Waals surface area contributed by atoms with Crippen molar-refractivity contribution in [2.45, 2.75) is 19.0 Å². The number of amides is 1. The number of hydrogen-bond donors (Lipinski definition) is 0. The average Bonchev–Trinajstić information content (AvgIpc) is 3.05. The van der Waals surface area contributed by atoms with Gasteiger partial charge in [-0.15, -0.1) is 0 Å². The van der Waals surface area contributed by atoms with Crippen LogP contribution in [0.25, 0.3) is 0 Å². The first-order valence-electron chi connectivity index (χ1n) is 9.21. The van der Waals surface area contributed by atoms with Crippen LogP contribution < -0.4 is 9.64 Å². The molecule has 0 N–H and O–H groups in total. The van der Waals surface area contributed by atoms with Crippen LogP contribution in [0.3, 0.4) is 0 Å². The fraction of sp³-hybridized carbons (Fsp3) is 0.381. The van der Waals surface area contributed by atoms with Gasteiger partial charge in [-0.25, -0.2) is 8.42 Å². The SMILES string of the molecule is COc1ccc(C(=O)N(Cc2ccc(N(C)C)cc2)[C@@H]2CCS(=O)(=O)C2)cc1. The molecule has 1 aliphatic heterocycles. The van der Waals surface area contributed by atoms with Crippen LogP contribution in [-0.4, -0.2) is 58.0 Å². The first-order chi connectivity index (χ1) is 13.3. The summed E-state index contributed by atoms with van der Waals surface area (Å²) in [5, 5.41) is 0. The molecule has 1 heterocycles. The quantitative estimate of drug-likeness (QED) is 0.743. The van der Waals surface area contributed by atoms with Gasteiger partial charge < -0.3 is 14.5 Å². The van der Waals surface area contributed by atoms with Crippen LogP contribution >= 0.6 is 0 Å². The van der Waals surface area contributed by atoms with Crippen LogP contribution in [0.5, 0.6) is 5.75 Å². The molecule has 1 aliphatic rings. The normalized spacial score (nSPS) is 17.9. The molecule has 1 saturated heterocycles. The zero-order valence-electron chi connectivity index (χ0n) is 16.5. The maximum absolute atomic E-state index is 13.2. The van der Waals surface area contributed by atoms with Gasteiger partial charge in [-0.1, -0.05) is 12.1 Å². The Hall–Kier alpha value is -2.54. The molecular weight excluding hydrogens is 376 g/mol. The van der Waals surface area contributed by atoms with Crippen molar-refractivity contribution in [3.8, 4) is 5.75 Å². The Bertz CT molecular complexity index is 922. The number of rotatable bonds is 6. The highest BCUT2D eigenvalue weighted by molar-refractivity contribution is 7.91. The summed E-state index contributed by atoms with van der Waals surface area (Å²) in [6, 6.07) is 14.5. The third-order valence-electron chi connectivity index (χ3n) is 5.05. The van der Waals surface area contributed by atoms with Crippen molar-refractivity contribution in [1.82, 2.24) is 4.90 Å². The molecule has 1 atom stereocenters. The summed E-state index contributed by atoms with van der Waals surface area (Å²) in [5.74, 6) is 0.654. The lowest BCUT2D eigenvalue weighted by Crippen LogP contribution is -2.40. The van der Waals surface area contributed by atoms with Crippen molar-refractivity contribution in [2.75, 3.05) is 37.6 Å². The second kappa shape index (κ2) is 8.22. The van der Waals surface area contributed by atoms with Crippen molar-refractivity contribution < 1.29 is 17.9 Å². The predicted octanol–water partition coefficient (Wildman–Crippen LogP) is 2.59. The Morgan fingerprint density at radius 3 is 2.21 bits per heavy atom. The number of nitrogens with zero attached hydrogens (tertiary/aromatic N) is 2. The molecule has 28 heavy (non-hydrogen) atoms. The monoisotopic (exact) mass is 402 g/mol. The molecule has 0 aliphatic carbocycles. The minimum absolute atomic E-state index is 0.0185. The van der Waals surface area contributed by atoms with Crippen LogP contribution in [0.2, 0.25) is 0 Å². The number of carbonyl (C=O) groups excluding carboxylic acids is 1. The Kier molecular flexibility index (Phi) is 5.93. The van der Waals surface area contributed by atoms with Gasteiger partial charge in [0.15, 0.2) is 9.84 Å². The van der Waals surface area contributed by atoms with Crippen molar-refractivity contribution >= 4 is 21.4 Å². The molecule has 0 unspecified atom stereocenters. The minimum Gasteiger partial charge on any atom is -0.497 e. The standard InChI is InChI=1S/C21H26N2O4S/c1-22(2)18-8-4-16(5-9-18)14-23(19-12-13-28(25,26)15-19)21(24)17-6-10-20(27-3)11-7-17/h4-11,19H,12-15H2,1-3H3/t19-/m1/s1. The van der Waals surface area contributed by atoms with Gasteiger partial charge >= 0.3 is 0 Å². The highest BCUT2D eigenvalue weighted by Crippen LogP contribution is 2.24. The molecule has 6 nitrogen and oxygen atoms in total. The van der Waals surface area contributed by atoms with Gasteiger partial charge in [0.1, 0.15) is 5.75 Å². The molecule has 0 aromatic heterocycles. The molecular formula is C21H26N2O4S. The molecule has 0 radical (unpaired) electrons. The third-order valence-corrected chi connectivity index (χ3v) is 6.80. The number of benzene rings is 2. The number of anilines is 1. The molecule has 0 saturated carbocycles. The Labute approximate surface area is 166 Å². The van der Waals surface area contributed by atoms with Crippen LogP contribution in [0.4, 0.5) is 5.69 Å². The van der Waals surface area contributed by atoms with Gasteiger partial charge in [-0.05, 0) is 48.4 Å². The molecule has 1 fully saturated rings. The summed E-state index contributed by atoms with van der Waals surface area (Å²) >= 11 is 0. The lowest BCUT2D eigenvalue weighted by Gasteiger charge is -2.29. The van der Waals surface area contributed by atoms with Gasteiger partial charge in [0.25, 0.3) is 5.91 Å². The summed E-state index contributed by atoms with van der Waals surface area (Å²) in [6.45, 7) is 0.374. The van der Waals surface area contributed by atoms with Gasteiger partial charge in [-0.3, -0.25) is 4.79 Å². The Morgan fingerprint density at radius 1 is 1.07 bits per heavy atom. The van der Waals surface area contributed by atoms with Crippen molar-refractivity contribution in [3.05, 3.63) is 59.7 Å². The van der Waals surface area contributed by atoms with Gasteiger partial charge in [0, 0.05) is 37.9 Å². The molecule has 150 valence electrons. The molecule has 3 rings (SSSR count). The van der Waals surface area contributed by atoms with E-state index in [9.17, 15) is 13.2 Å². The minimum atomic E-state index is -3.10. The van der Waals surface area contributed by atoms with Crippen LogP contribution in [0.15, 0.2) is 48.5 Å². The van der Waals surface area contributed by atoms with Crippen LogP contribution in [0.1, 0.15) is 22.3 Å². The molecule has 2 aromatic rings. The lowest BCUT2D eigenvalue weighted by atomic mass is 10.1. The summed E-state index contributed by atoms with van der Waals surface area (Å²) in [5.41, 5.74) is 2.56. The van der Waals surface area contributed by atoms with Crippen LogP contribution in [-0.2, 0) is 16.4 Å². The lowest BCUT2D eigenvalue weighted by molar-refractivity contribution is 0.0681. The van der Waals surface area contributed by atoms with E-state index in [2.05, 4.69) is 0 Å². The number of hydrogen-bond acceptors (Lipinski definition) is 5. The van der Waals surface area contributed by atoms with Crippen molar-refractivity contribution in [1.29, 1.82) is 0 Å². The van der Waals surface area contributed by atoms with Crippen molar-refractivity contribution in [3.63, 3.8) is 0 Å². The number of sulfone groups is 1. The fourth-order valence-corrected chi connectivity index (χ4v) is 5.11. The topological polar surface area (TPSA) is 66.9 Å². The fourth-order valence-electron chi connectivity index (χ4n) is 3.38. The maximum Gasteiger partial charge on any atom is 0.254 e. The van der Waals surface area contributed by atoms with Gasteiger partial charge in [-0.2, -0.15) is 0 Å². The van der Waals surface area contributed by atoms with Gasteiger partial charge in [0.2, 0.25) is 0 Å². The molecule has 2 aromatic carbocycles. The predicted molar refractivity (Wildman–Crippen MR) is 111 cm³/mol. The zero-order valence-corrected chi connectivity index (χ0v) is 17.3. The van der Waals surface area contributed by atoms with Gasteiger partial charge in [0.05, 0.1) is 18.6 Å². The zero-order chi connectivity index (χ0) is 20.3. The van der Waals surface area contributed by atoms with E-state index >= 15 is 0 Å². The molecule has 7 heteroatoms. The summed E-state index contributed by atoms with van der Waals surface area (Å²) in [6.07, 6.45) is 0.472. The van der Waals surface area contributed by atoms with E-state index in [0.29, 0.717) is 24.3 Å². The molecule has 1 amide bonds. The second-order valence-electron chi connectivity index (χ2n) is 7.28. The van der Waals surface area contributed by atoms with E-state index in [-0.39, 0.29) is 23.5 Å². The van der Waals surface area contributed by atoms with E-state index < -0.39 is 9.84 Å². The van der Waals surface area contributed by atoms with E-state index in [1.54, 1.807) is 36.3 Å². The van der Waals surface area contributed by atoms with Crippen LogP contribution in [0, 0.1) is 0 Å². The number of methoxy groups -OCH3 is 1. The first kappa shape index (κ1) is 20.2. The van der Waals surface area contributed by atoms with E-state index in [1.165, 1.54) is 0 Å². The third kappa shape index (κ3) is 4.65. The molecule has 0 bridgehead atoms. The highest BCUT2D eigenvalue weighted by atomic mass is 32.2. The van der Waals surface area contributed by atoms with E-state index in [0.717, 1.165) is 11.3 Å². The maximum atomic E-state index is 13.2. The highest BCUT2D eigenvalue weighted by Gasteiger charge is 2.35. The molecule has 0 spiro atoms. The number of carbonyl (C=O) groups is 1. The Balaban J connectivity index is 1.87. The number of ether oxygens (including phenoxy) is 1. The Morgan fingerprint density at radius 2 is 1.71 bits per heavy atom. The van der Waals surface area contributed by atoms with E-state index in [4.69, 9.17) is 4.74 Å². The van der Waals surface area contributed by atoms with Crippen molar-refractivity contribution in [2.24, 2.45) is 0 Å².